The summed E-state index contributed by atoms with van der Waals surface area (Å²) >= 11 is 4.05. The molecule has 0 heterocycles. The van der Waals surface area contributed by atoms with Crippen molar-refractivity contribution in [1.82, 2.24) is 21.3 Å². The van der Waals surface area contributed by atoms with Crippen molar-refractivity contribution in [2.75, 3.05) is 5.75 Å². The van der Waals surface area contributed by atoms with Crippen LogP contribution in [0.1, 0.15) is 77.0 Å². The standard InChI is InChI=1S/C29H44N6O16S/c30-19(2-1-13-52)31-14(3-8-20(36)37)25(46)32-15(4-9-21(38)39)26(47)33-16(5-10-22(40)41)27(48)34-17(6-11-23(42)43)28(49)35-18(29(50)51)7-12-24(44)45/h14-18,52H,1-13H2,(H2,30,31)(H,32,46)(H,33,47)(H,34,48)(H,35,49)(H,36,37)(H,38,39)(H,40,41)(H,42,43)(H,44,45)(H,50,51)/t14-,15-,16-,17-,18-/m0/s1. The van der Waals surface area contributed by atoms with Gasteiger partial charge in [-0.05, 0) is 44.3 Å². The van der Waals surface area contributed by atoms with Crippen LogP contribution in [-0.4, -0.2) is 132 Å². The van der Waals surface area contributed by atoms with Crippen molar-refractivity contribution in [2.24, 2.45) is 10.7 Å². The molecule has 0 aromatic rings. The Morgan fingerprint density at radius 3 is 1.12 bits per heavy atom. The van der Waals surface area contributed by atoms with Crippen LogP contribution >= 0.6 is 12.6 Å². The van der Waals surface area contributed by atoms with Gasteiger partial charge in [-0.3, -0.25) is 48.1 Å². The van der Waals surface area contributed by atoms with Gasteiger partial charge in [-0.25, -0.2) is 4.79 Å². The van der Waals surface area contributed by atoms with Gasteiger partial charge in [-0.15, -0.1) is 0 Å². The number of amidine groups is 1. The highest BCUT2D eigenvalue weighted by Crippen LogP contribution is 2.10. The van der Waals surface area contributed by atoms with Crippen molar-refractivity contribution in [2.45, 2.75) is 107 Å². The number of carboxylic acids is 6. The first kappa shape index (κ1) is 46.5. The minimum absolute atomic E-state index is 0.0328. The number of carbonyl (C=O) groups excluding carboxylic acids is 4. The number of nitrogens with two attached hydrogens (primary N) is 1. The van der Waals surface area contributed by atoms with E-state index in [1.807, 2.05) is 5.32 Å². The summed E-state index contributed by atoms with van der Waals surface area (Å²) in [6.07, 6.45) is -5.61. The van der Waals surface area contributed by atoms with Crippen LogP contribution in [-0.2, 0) is 47.9 Å². The van der Waals surface area contributed by atoms with Crippen molar-refractivity contribution in [1.29, 1.82) is 0 Å². The lowest BCUT2D eigenvalue weighted by molar-refractivity contribution is -0.144. The third-order valence-corrected chi connectivity index (χ3v) is 7.26. The van der Waals surface area contributed by atoms with Gasteiger partial charge in [0.25, 0.3) is 0 Å². The zero-order valence-electron chi connectivity index (χ0n) is 27.8. The Hall–Kier alpha value is -5.48. The van der Waals surface area contributed by atoms with Crippen LogP contribution in [0.2, 0.25) is 0 Å². The molecule has 0 rings (SSSR count). The Labute approximate surface area is 301 Å². The molecule has 0 aliphatic carbocycles. The molecule has 0 aromatic heterocycles. The van der Waals surface area contributed by atoms with Crippen LogP contribution in [0.15, 0.2) is 4.99 Å². The number of aliphatic carboxylic acids is 6. The molecular formula is C29H44N6O16S. The number of aliphatic imine (C=N–C) groups is 1. The highest BCUT2D eigenvalue weighted by molar-refractivity contribution is 7.80. The van der Waals surface area contributed by atoms with Crippen LogP contribution in [0.3, 0.4) is 0 Å². The van der Waals surface area contributed by atoms with Gasteiger partial charge in [-0.2, -0.15) is 12.6 Å². The van der Waals surface area contributed by atoms with E-state index in [0.717, 1.165) is 0 Å². The van der Waals surface area contributed by atoms with Crippen molar-refractivity contribution < 1.29 is 78.6 Å². The highest BCUT2D eigenvalue weighted by Gasteiger charge is 2.33. The van der Waals surface area contributed by atoms with Crippen LogP contribution in [0, 0.1) is 0 Å². The molecule has 0 saturated heterocycles. The first-order chi connectivity index (χ1) is 24.3. The zero-order valence-corrected chi connectivity index (χ0v) is 28.7. The summed E-state index contributed by atoms with van der Waals surface area (Å²) in [6, 6.07) is -8.53. The second-order valence-electron chi connectivity index (χ2n) is 11.2. The van der Waals surface area contributed by atoms with E-state index >= 15 is 0 Å². The maximum absolute atomic E-state index is 13.4. The third-order valence-electron chi connectivity index (χ3n) is 6.95. The minimum atomic E-state index is -1.81. The van der Waals surface area contributed by atoms with E-state index < -0.39 is 147 Å². The lowest BCUT2D eigenvalue weighted by Gasteiger charge is -2.26. The van der Waals surface area contributed by atoms with E-state index in [-0.39, 0.29) is 18.7 Å². The average molecular weight is 765 g/mol. The van der Waals surface area contributed by atoms with Gasteiger partial charge in [0.2, 0.25) is 23.6 Å². The van der Waals surface area contributed by atoms with Crippen LogP contribution in [0.5, 0.6) is 0 Å². The normalized spacial score (nSPS) is 14.0. The Kier molecular flexibility index (Phi) is 22.0. The van der Waals surface area contributed by atoms with E-state index in [1.165, 1.54) is 0 Å². The number of carboxylic acid groups (broad SMARTS) is 6. The van der Waals surface area contributed by atoms with E-state index in [9.17, 15) is 63.3 Å². The smallest absolute Gasteiger partial charge is 0.326 e. The number of nitrogens with one attached hydrogen (secondary N) is 4. The number of hydrogen-bond acceptors (Lipinski definition) is 12. The number of amides is 4. The fraction of sp³-hybridized carbons (Fsp3) is 0.621. The maximum atomic E-state index is 13.4. The van der Waals surface area contributed by atoms with Gasteiger partial charge in [-0.1, -0.05) is 0 Å². The van der Waals surface area contributed by atoms with Gasteiger partial charge in [0.1, 0.15) is 30.2 Å². The lowest BCUT2D eigenvalue weighted by atomic mass is 10.0. The molecule has 52 heavy (non-hydrogen) atoms. The molecule has 0 radical (unpaired) electrons. The van der Waals surface area contributed by atoms with Crippen molar-refractivity contribution in [3.8, 4) is 0 Å². The number of nitrogens with zero attached hydrogens (tertiary/aromatic N) is 1. The van der Waals surface area contributed by atoms with Crippen molar-refractivity contribution in [3.63, 3.8) is 0 Å². The first-order valence-corrected chi connectivity index (χ1v) is 16.4. The second kappa shape index (κ2) is 24.6. The Morgan fingerprint density at radius 1 is 0.481 bits per heavy atom. The van der Waals surface area contributed by atoms with E-state index in [4.69, 9.17) is 21.1 Å². The molecule has 4 amide bonds. The number of carbonyl (C=O) groups is 10. The topological polar surface area (TPSA) is 379 Å². The second-order valence-corrected chi connectivity index (χ2v) is 11.7. The summed E-state index contributed by atoms with van der Waals surface area (Å²) in [6.45, 7) is 0. The largest absolute Gasteiger partial charge is 0.481 e. The van der Waals surface area contributed by atoms with E-state index in [1.54, 1.807) is 0 Å². The Balaban J connectivity index is 6.38. The molecule has 0 spiro atoms. The van der Waals surface area contributed by atoms with Gasteiger partial charge in [0, 0.05) is 38.5 Å². The fourth-order valence-corrected chi connectivity index (χ4v) is 4.42. The molecule has 292 valence electrons. The molecule has 23 heteroatoms. The van der Waals surface area contributed by atoms with E-state index in [0.29, 0.717) is 12.2 Å². The number of rotatable bonds is 28. The highest BCUT2D eigenvalue weighted by atomic mass is 32.1. The molecule has 5 atom stereocenters. The molecule has 12 N–H and O–H groups in total. The van der Waals surface area contributed by atoms with Gasteiger partial charge >= 0.3 is 35.8 Å². The molecule has 0 unspecified atom stereocenters. The summed E-state index contributed by atoms with van der Waals surface area (Å²) in [5, 5.41) is 63.5. The molecule has 0 aliphatic heterocycles. The monoisotopic (exact) mass is 764 g/mol. The molecule has 0 saturated carbocycles. The van der Waals surface area contributed by atoms with E-state index in [2.05, 4.69) is 33.6 Å². The summed E-state index contributed by atoms with van der Waals surface area (Å²) in [7, 11) is 0. The van der Waals surface area contributed by atoms with Gasteiger partial charge in [0.05, 0.1) is 5.84 Å². The average Bonchev–Trinajstić information content (AvgIpc) is 3.04. The molecular weight excluding hydrogens is 720 g/mol. The van der Waals surface area contributed by atoms with Crippen LogP contribution < -0.4 is 27.0 Å². The van der Waals surface area contributed by atoms with Crippen LogP contribution in [0.4, 0.5) is 0 Å². The number of hydrogen-bond donors (Lipinski definition) is 12. The molecule has 0 fully saturated rings. The zero-order chi connectivity index (χ0) is 40.0. The lowest BCUT2D eigenvalue weighted by Crippen LogP contribution is -2.58. The predicted molar refractivity (Wildman–Crippen MR) is 178 cm³/mol. The SMILES string of the molecule is NC(CCCS)=N[C@@H](CCC(=O)O)C(=O)N[C@@H](CCC(=O)O)C(=O)N[C@@H](CCC(=O)O)C(=O)N[C@@H](CCC(=O)O)C(=O)N[C@@H](CCC(=O)O)C(=O)O. The molecule has 0 bridgehead atoms. The molecule has 0 aromatic carbocycles. The Bertz CT molecular complexity index is 1360. The third kappa shape index (κ3) is 20.9. The fourth-order valence-electron chi connectivity index (χ4n) is 4.26. The predicted octanol–water partition coefficient (Wildman–Crippen LogP) is -2.23. The molecule has 0 aliphatic rings. The summed E-state index contributed by atoms with van der Waals surface area (Å²) in [5.74, 6) is -13.0. The Morgan fingerprint density at radius 2 is 0.788 bits per heavy atom. The van der Waals surface area contributed by atoms with Crippen molar-refractivity contribution in [3.05, 3.63) is 0 Å². The van der Waals surface area contributed by atoms with Gasteiger partial charge < -0.3 is 57.6 Å². The molecule has 22 nitrogen and oxygen atoms in total. The summed E-state index contributed by atoms with van der Waals surface area (Å²) in [4.78, 5) is 124. The summed E-state index contributed by atoms with van der Waals surface area (Å²) < 4.78 is 0. The maximum Gasteiger partial charge on any atom is 0.326 e. The van der Waals surface area contributed by atoms with Gasteiger partial charge in [0.15, 0.2) is 0 Å². The van der Waals surface area contributed by atoms with Crippen LogP contribution in [0.25, 0.3) is 0 Å². The van der Waals surface area contributed by atoms with Crippen molar-refractivity contribution >= 4 is 77.9 Å². The quantitative estimate of drug-likeness (QED) is 0.0228. The first-order valence-electron chi connectivity index (χ1n) is 15.7. The minimum Gasteiger partial charge on any atom is -0.481 e. The summed E-state index contributed by atoms with van der Waals surface area (Å²) in [5.41, 5.74) is 5.84. The number of thiol groups is 1.